The van der Waals surface area contributed by atoms with Crippen molar-refractivity contribution in [2.45, 2.75) is 11.8 Å². The Morgan fingerprint density at radius 1 is 0.957 bits per heavy atom. The maximum Gasteiger partial charge on any atom is 0.429 e. The van der Waals surface area contributed by atoms with Crippen molar-refractivity contribution < 1.29 is 23.1 Å². The van der Waals surface area contributed by atoms with Gasteiger partial charge in [0, 0.05) is 30.9 Å². The number of carbonyl (C=O) groups is 1. The fraction of sp³-hybridized carbons (Fsp3) is 0.235. The van der Waals surface area contributed by atoms with E-state index in [4.69, 9.17) is 0 Å². The third kappa shape index (κ3) is 3.07. The number of nitrogens with zero attached hydrogens (tertiary/aromatic N) is 1. The van der Waals surface area contributed by atoms with Gasteiger partial charge in [0.25, 0.3) is 0 Å². The molecule has 0 fully saturated rings. The molecule has 3 nitrogen and oxygen atoms in total. The lowest BCUT2D eigenvalue weighted by Crippen LogP contribution is -2.49. The molecule has 2 aromatic carbocycles. The van der Waals surface area contributed by atoms with Crippen LogP contribution in [0.2, 0.25) is 0 Å². The van der Waals surface area contributed by atoms with E-state index >= 15 is 0 Å². The molecule has 0 aliphatic heterocycles. The Hall–Kier alpha value is -2.34. The van der Waals surface area contributed by atoms with Gasteiger partial charge >= 0.3 is 6.18 Å². The van der Waals surface area contributed by atoms with Crippen molar-refractivity contribution in [1.29, 1.82) is 0 Å². The molecule has 0 saturated heterocycles. The van der Waals surface area contributed by atoms with Crippen LogP contribution in [-0.4, -0.2) is 31.2 Å². The first-order valence-corrected chi connectivity index (χ1v) is 6.84. The summed E-state index contributed by atoms with van der Waals surface area (Å²) in [6, 6.07) is 12.0. The Labute approximate surface area is 132 Å². The first-order chi connectivity index (χ1) is 10.7. The van der Waals surface area contributed by atoms with Gasteiger partial charge in [0.15, 0.2) is 0 Å². The summed E-state index contributed by atoms with van der Waals surface area (Å²) in [5.41, 5.74) is -3.56. The molecule has 0 radical (unpaired) electrons. The van der Waals surface area contributed by atoms with Gasteiger partial charge in [0.2, 0.25) is 11.4 Å². The minimum absolute atomic E-state index is 0.209. The smallest absolute Gasteiger partial charge is 0.378 e. The van der Waals surface area contributed by atoms with Crippen molar-refractivity contribution in [3.05, 3.63) is 65.7 Å². The summed E-state index contributed by atoms with van der Waals surface area (Å²) in [7, 11) is 3.54. The van der Waals surface area contributed by atoms with Crippen molar-refractivity contribution in [3.8, 4) is 0 Å². The molecule has 122 valence electrons. The number of carbonyl (C=O) groups excluding carboxylic acids is 1. The van der Waals surface area contributed by atoms with Gasteiger partial charge in [-0.25, -0.2) is 0 Å². The average molecular weight is 323 g/mol. The van der Waals surface area contributed by atoms with Crippen molar-refractivity contribution in [2.24, 2.45) is 0 Å². The summed E-state index contributed by atoms with van der Waals surface area (Å²) in [6.45, 7) is 0. The molecule has 0 bridgehead atoms. The standard InChI is InChI=1S/C17H16F3NO2/c1-21(2)14-10-8-12(9-11-14)15(22)16(23,17(18,19)20)13-6-4-3-5-7-13/h3-11,23H,1-2H3. The predicted octanol–water partition coefficient (Wildman–Crippen LogP) is 3.39. The maximum absolute atomic E-state index is 13.5. The second kappa shape index (κ2) is 6.04. The van der Waals surface area contributed by atoms with Gasteiger partial charge in [-0.2, -0.15) is 13.2 Å². The Bertz CT molecular complexity index is 681. The monoisotopic (exact) mass is 323 g/mol. The molecule has 2 aromatic rings. The molecule has 0 heterocycles. The molecular formula is C17H16F3NO2. The quantitative estimate of drug-likeness (QED) is 0.877. The molecule has 0 saturated carbocycles. The molecule has 0 spiro atoms. The van der Waals surface area contributed by atoms with Gasteiger partial charge in [0.1, 0.15) is 0 Å². The number of alkyl halides is 3. The molecule has 2 rings (SSSR count). The number of anilines is 1. The van der Waals surface area contributed by atoms with Gasteiger partial charge in [0.05, 0.1) is 0 Å². The van der Waals surface area contributed by atoms with Gasteiger partial charge in [-0.15, -0.1) is 0 Å². The van der Waals surface area contributed by atoms with Crippen molar-refractivity contribution >= 4 is 11.5 Å². The molecule has 0 aliphatic rings. The lowest BCUT2D eigenvalue weighted by molar-refractivity contribution is -0.242. The van der Waals surface area contributed by atoms with E-state index in [0.717, 1.165) is 17.8 Å². The summed E-state index contributed by atoms with van der Waals surface area (Å²) < 4.78 is 40.4. The van der Waals surface area contributed by atoms with Gasteiger partial charge in [-0.3, -0.25) is 4.79 Å². The fourth-order valence-corrected chi connectivity index (χ4v) is 2.22. The topological polar surface area (TPSA) is 40.5 Å². The number of aliphatic hydroxyl groups is 1. The van der Waals surface area contributed by atoms with Gasteiger partial charge in [-0.1, -0.05) is 30.3 Å². The van der Waals surface area contributed by atoms with E-state index in [9.17, 15) is 23.1 Å². The highest BCUT2D eigenvalue weighted by Gasteiger charge is 2.60. The van der Waals surface area contributed by atoms with E-state index in [1.54, 1.807) is 19.0 Å². The van der Waals surface area contributed by atoms with Crippen LogP contribution in [-0.2, 0) is 5.60 Å². The number of benzene rings is 2. The zero-order valence-electron chi connectivity index (χ0n) is 12.6. The van der Waals surface area contributed by atoms with Crippen LogP contribution in [0.25, 0.3) is 0 Å². The number of ketones is 1. The van der Waals surface area contributed by atoms with Crippen molar-refractivity contribution in [1.82, 2.24) is 0 Å². The molecule has 0 aromatic heterocycles. The van der Waals surface area contributed by atoms with Crippen LogP contribution in [0.3, 0.4) is 0 Å². The fourth-order valence-electron chi connectivity index (χ4n) is 2.22. The second-order valence-corrected chi connectivity index (χ2v) is 5.34. The SMILES string of the molecule is CN(C)c1ccc(C(=O)C(O)(c2ccccc2)C(F)(F)F)cc1. The van der Waals surface area contributed by atoms with E-state index in [1.165, 1.54) is 42.5 Å². The zero-order valence-corrected chi connectivity index (χ0v) is 12.6. The third-order valence-electron chi connectivity index (χ3n) is 3.58. The number of rotatable bonds is 4. The summed E-state index contributed by atoms with van der Waals surface area (Å²) in [5, 5.41) is 10.2. The van der Waals surface area contributed by atoms with E-state index < -0.39 is 23.1 Å². The maximum atomic E-state index is 13.5. The molecule has 23 heavy (non-hydrogen) atoms. The molecule has 0 amide bonds. The Balaban J connectivity index is 2.50. The lowest BCUT2D eigenvalue weighted by Gasteiger charge is -2.29. The predicted molar refractivity (Wildman–Crippen MR) is 81.5 cm³/mol. The summed E-state index contributed by atoms with van der Waals surface area (Å²) in [5.74, 6) is -1.40. The Morgan fingerprint density at radius 2 is 1.48 bits per heavy atom. The lowest BCUT2D eigenvalue weighted by atomic mass is 9.85. The summed E-state index contributed by atoms with van der Waals surface area (Å²) >= 11 is 0. The van der Waals surface area contributed by atoms with E-state index in [-0.39, 0.29) is 5.56 Å². The van der Waals surface area contributed by atoms with E-state index in [0.29, 0.717) is 0 Å². The van der Waals surface area contributed by atoms with Crippen LogP contribution in [0, 0.1) is 0 Å². The Morgan fingerprint density at radius 3 is 1.91 bits per heavy atom. The first kappa shape index (κ1) is 17.0. The molecule has 6 heteroatoms. The van der Waals surface area contributed by atoms with Crippen LogP contribution >= 0.6 is 0 Å². The third-order valence-corrected chi connectivity index (χ3v) is 3.58. The number of hydrogen-bond acceptors (Lipinski definition) is 3. The van der Waals surface area contributed by atoms with Crippen LogP contribution in [0.1, 0.15) is 15.9 Å². The highest BCUT2D eigenvalue weighted by molar-refractivity contribution is 6.03. The van der Waals surface area contributed by atoms with Crippen LogP contribution in [0.5, 0.6) is 0 Å². The average Bonchev–Trinajstić information content (AvgIpc) is 2.53. The summed E-state index contributed by atoms with van der Waals surface area (Å²) in [4.78, 5) is 14.2. The molecule has 1 unspecified atom stereocenters. The highest BCUT2D eigenvalue weighted by atomic mass is 19.4. The number of hydrogen-bond donors (Lipinski definition) is 1. The molecule has 1 N–H and O–H groups in total. The van der Waals surface area contributed by atoms with E-state index in [2.05, 4.69) is 0 Å². The van der Waals surface area contributed by atoms with Crippen LogP contribution < -0.4 is 4.90 Å². The number of halogens is 3. The second-order valence-electron chi connectivity index (χ2n) is 5.34. The Kier molecular flexibility index (Phi) is 4.47. The van der Waals surface area contributed by atoms with Crippen molar-refractivity contribution in [3.63, 3.8) is 0 Å². The normalized spacial score (nSPS) is 14.2. The van der Waals surface area contributed by atoms with Crippen molar-refractivity contribution in [2.75, 3.05) is 19.0 Å². The molecule has 0 aliphatic carbocycles. The van der Waals surface area contributed by atoms with Crippen LogP contribution in [0.4, 0.5) is 18.9 Å². The first-order valence-electron chi connectivity index (χ1n) is 6.84. The number of Topliss-reactive ketones (excluding diaryl/α,β-unsaturated/α-hetero) is 1. The minimum Gasteiger partial charge on any atom is -0.378 e. The highest BCUT2D eigenvalue weighted by Crippen LogP contribution is 2.41. The molecule has 1 atom stereocenters. The minimum atomic E-state index is -5.13. The van der Waals surface area contributed by atoms with Gasteiger partial charge in [-0.05, 0) is 24.3 Å². The van der Waals surface area contributed by atoms with Gasteiger partial charge < -0.3 is 10.0 Å². The summed E-state index contributed by atoms with van der Waals surface area (Å²) in [6.07, 6.45) is -5.13. The zero-order chi connectivity index (χ0) is 17.3. The molecular weight excluding hydrogens is 307 g/mol. The van der Waals surface area contributed by atoms with Crippen LogP contribution in [0.15, 0.2) is 54.6 Å². The van der Waals surface area contributed by atoms with E-state index in [1.807, 2.05) is 0 Å². The largest absolute Gasteiger partial charge is 0.429 e.